The molecule has 0 aromatic heterocycles. The lowest BCUT2D eigenvalue weighted by Crippen LogP contribution is -2.26. The molecule has 0 aliphatic carbocycles. The zero-order chi connectivity index (χ0) is 9.78. The molecule has 0 spiro atoms. The molecule has 12 heavy (non-hydrogen) atoms. The summed E-state index contributed by atoms with van der Waals surface area (Å²) in [4.78, 5) is 0. The highest BCUT2D eigenvalue weighted by atomic mass is 32.2. The summed E-state index contributed by atoms with van der Waals surface area (Å²) >= 11 is 1.88. The van der Waals surface area contributed by atoms with Gasteiger partial charge < -0.3 is 4.43 Å². The van der Waals surface area contributed by atoms with E-state index in [-0.39, 0.29) is 0 Å². The molecule has 0 radical (unpaired) electrons. The van der Waals surface area contributed by atoms with Gasteiger partial charge in [0.15, 0.2) is 0 Å². The topological polar surface area (TPSA) is 9.23 Å². The molecule has 0 aliphatic heterocycles. The van der Waals surface area contributed by atoms with Crippen LogP contribution in [0.2, 0.25) is 19.6 Å². The number of thioether (sulfide) groups is 1. The predicted molar refractivity (Wildman–Crippen MR) is 61.2 cm³/mol. The molecule has 0 heterocycles. The molecule has 1 nitrogen and oxygen atoms in total. The van der Waals surface area contributed by atoms with Gasteiger partial charge in [-0.2, -0.15) is 11.8 Å². The molecule has 1 unspecified atom stereocenters. The Morgan fingerprint density at radius 2 is 2.00 bits per heavy atom. The van der Waals surface area contributed by atoms with Crippen LogP contribution in [-0.2, 0) is 4.43 Å². The zero-order valence-electron chi connectivity index (χ0n) is 8.81. The lowest BCUT2D eigenvalue weighted by Gasteiger charge is -2.24. The van der Waals surface area contributed by atoms with Crippen LogP contribution in [0, 0.1) is 0 Å². The van der Waals surface area contributed by atoms with Crippen LogP contribution >= 0.6 is 11.8 Å². The van der Waals surface area contributed by atoms with Gasteiger partial charge in [-0.25, -0.2) is 0 Å². The Kier molecular flexibility index (Phi) is 5.02. The van der Waals surface area contributed by atoms with E-state index in [2.05, 4.69) is 40.1 Å². The van der Waals surface area contributed by atoms with Crippen molar-refractivity contribution in [3.63, 3.8) is 0 Å². The standard InChI is InChI=1S/C9H20OSSi/c1-7-11-9(3)8(2)10-12(4,5)6/h9H,2,7H2,1,3-6H3. The molecule has 0 saturated carbocycles. The predicted octanol–water partition coefficient (Wildman–Crippen LogP) is 3.49. The van der Waals surface area contributed by atoms with Crippen molar-refractivity contribution >= 4 is 20.1 Å². The average molecular weight is 204 g/mol. The summed E-state index contributed by atoms with van der Waals surface area (Å²) in [6.45, 7) is 14.8. The van der Waals surface area contributed by atoms with Crippen molar-refractivity contribution in [1.29, 1.82) is 0 Å². The molecular weight excluding hydrogens is 184 g/mol. The molecule has 0 rings (SSSR count). The maximum absolute atomic E-state index is 5.78. The highest BCUT2D eigenvalue weighted by Crippen LogP contribution is 2.21. The van der Waals surface area contributed by atoms with Crippen LogP contribution in [0.5, 0.6) is 0 Å². The second kappa shape index (κ2) is 4.97. The Labute approximate surface area is 81.7 Å². The van der Waals surface area contributed by atoms with Gasteiger partial charge in [0.2, 0.25) is 8.32 Å². The molecular formula is C9H20OSSi. The lowest BCUT2D eigenvalue weighted by atomic mass is 10.4. The van der Waals surface area contributed by atoms with Crippen LogP contribution < -0.4 is 0 Å². The molecule has 1 atom stereocenters. The Morgan fingerprint density at radius 1 is 1.50 bits per heavy atom. The number of hydrogen-bond donors (Lipinski definition) is 0. The molecule has 0 bridgehead atoms. The van der Waals surface area contributed by atoms with E-state index in [4.69, 9.17) is 4.43 Å². The van der Waals surface area contributed by atoms with Gasteiger partial charge >= 0.3 is 0 Å². The van der Waals surface area contributed by atoms with E-state index in [1.165, 1.54) is 0 Å². The van der Waals surface area contributed by atoms with E-state index in [1.807, 2.05) is 11.8 Å². The molecule has 3 heteroatoms. The van der Waals surface area contributed by atoms with Gasteiger partial charge in [0, 0.05) is 0 Å². The first-order valence-corrected chi connectivity index (χ1v) is 8.82. The quantitative estimate of drug-likeness (QED) is 0.501. The largest absolute Gasteiger partial charge is 0.547 e. The first-order chi connectivity index (χ1) is 5.37. The minimum atomic E-state index is -1.42. The van der Waals surface area contributed by atoms with E-state index in [0.29, 0.717) is 5.25 Å². The van der Waals surface area contributed by atoms with Crippen molar-refractivity contribution in [3.8, 4) is 0 Å². The monoisotopic (exact) mass is 204 g/mol. The third kappa shape index (κ3) is 5.72. The molecule has 0 fully saturated rings. The van der Waals surface area contributed by atoms with Crippen LogP contribution in [0.25, 0.3) is 0 Å². The lowest BCUT2D eigenvalue weighted by molar-refractivity contribution is 0.412. The molecule has 0 aromatic rings. The van der Waals surface area contributed by atoms with Gasteiger partial charge in [0.05, 0.1) is 11.0 Å². The van der Waals surface area contributed by atoms with Crippen LogP contribution in [0.15, 0.2) is 12.3 Å². The molecule has 72 valence electrons. The van der Waals surface area contributed by atoms with Crippen molar-refractivity contribution in [3.05, 3.63) is 12.3 Å². The van der Waals surface area contributed by atoms with Gasteiger partial charge in [-0.05, 0) is 32.3 Å². The first-order valence-electron chi connectivity index (χ1n) is 4.36. The second-order valence-electron chi connectivity index (χ2n) is 3.78. The highest BCUT2D eigenvalue weighted by molar-refractivity contribution is 8.00. The van der Waals surface area contributed by atoms with Crippen LogP contribution in [-0.4, -0.2) is 19.3 Å². The van der Waals surface area contributed by atoms with Crippen LogP contribution in [0.1, 0.15) is 13.8 Å². The summed E-state index contributed by atoms with van der Waals surface area (Å²) in [5, 5.41) is 0.432. The van der Waals surface area contributed by atoms with E-state index in [9.17, 15) is 0 Å². The van der Waals surface area contributed by atoms with Crippen LogP contribution in [0.3, 0.4) is 0 Å². The fraction of sp³-hybridized carbons (Fsp3) is 0.778. The molecule has 0 aliphatic rings. The molecule has 0 N–H and O–H groups in total. The van der Waals surface area contributed by atoms with Crippen molar-refractivity contribution in [1.82, 2.24) is 0 Å². The van der Waals surface area contributed by atoms with E-state index >= 15 is 0 Å². The number of rotatable bonds is 5. The minimum absolute atomic E-state index is 0.432. The zero-order valence-corrected chi connectivity index (χ0v) is 10.6. The maximum Gasteiger partial charge on any atom is 0.241 e. The highest BCUT2D eigenvalue weighted by Gasteiger charge is 2.19. The summed E-state index contributed by atoms with van der Waals surface area (Å²) < 4.78 is 5.78. The number of hydrogen-bond acceptors (Lipinski definition) is 2. The fourth-order valence-electron chi connectivity index (χ4n) is 0.819. The average Bonchev–Trinajstić information content (AvgIpc) is 1.84. The van der Waals surface area contributed by atoms with Crippen molar-refractivity contribution in [2.75, 3.05) is 5.75 Å². The van der Waals surface area contributed by atoms with E-state index in [0.717, 1.165) is 11.5 Å². The Balaban J connectivity index is 3.87. The Bertz CT molecular complexity index is 151. The SMILES string of the molecule is C=C(O[Si](C)(C)C)C(C)SCC. The van der Waals surface area contributed by atoms with Crippen molar-refractivity contribution in [2.45, 2.75) is 38.7 Å². The smallest absolute Gasteiger partial charge is 0.241 e. The molecule has 0 amide bonds. The summed E-state index contributed by atoms with van der Waals surface area (Å²) in [5.41, 5.74) is 0. The van der Waals surface area contributed by atoms with E-state index in [1.54, 1.807) is 0 Å². The Hall–Kier alpha value is 0.107. The maximum atomic E-state index is 5.78. The fourth-order valence-corrected chi connectivity index (χ4v) is 2.60. The van der Waals surface area contributed by atoms with Gasteiger partial charge in [-0.15, -0.1) is 0 Å². The summed E-state index contributed by atoms with van der Waals surface area (Å²) in [7, 11) is -1.42. The third-order valence-corrected chi connectivity index (χ3v) is 3.28. The summed E-state index contributed by atoms with van der Waals surface area (Å²) in [5.74, 6) is 2.07. The second-order valence-corrected chi connectivity index (χ2v) is 9.82. The van der Waals surface area contributed by atoms with Gasteiger partial charge in [0.1, 0.15) is 0 Å². The van der Waals surface area contributed by atoms with Gasteiger partial charge in [-0.3, -0.25) is 0 Å². The summed E-state index contributed by atoms with van der Waals surface area (Å²) in [6.07, 6.45) is 0. The minimum Gasteiger partial charge on any atom is -0.547 e. The Morgan fingerprint density at radius 3 is 2.33 bits per heavy atom. The van der Waals surface area contributed by atoms with E-state index < -0.39 is 8.32 Å². The van der Waals surface area contributed by atoms with Crippen LogP contribution in [0.4, 0.5) is 0 Å². The summed E-state index contributed by atoms with van der Waals surface area (Å²) in [6, 6.07) is 0. The van der Waals surface area contributed by atoms with Gasteiger partial charge in [-0.1, -0.05) is 13.5 Å². The third-order valence-electron chi connectivity index (χ3n) is 1.31. The van der Waals surface area contributed by atoms with Crippen molar-refractivity contribution < 1.29 is 4.43 Å². The van der Waals surface area contributed by atoms with Gasteiger partial charge in [0.25, 0.3) is 0 Å². The molecule has 0 saturated heterocycles. The van der Waals surface area contributed by atoms with Crippen molar-refractivity contribution in [2.24, 2.45) is 0 Å². The first kappa shape index (κ1) is 12.1. The molecule has 0 aromatic carbocycles. The normalized spacial score (nSPS) is 14.1.